The van der Waals surface area contributed by atoms with Crippen LogP contribution in [0.5, 0.6) is 11.5 Å². The summed E-state index contributed by atoms with van der Waals surface area (Å²) in [6, 6.07) is 6.15. The SMILES string of the molecule is COc1cc(CN(C[C@@H](O)COC(C)C)C(C)C)cc(OC)c1. The van der Waals surface area contributed by atoms with Crippen LogP contribution in [-0.2, 0) is 11.3 Å². The number of aliphatic hydroxyl groups excluding tert-OH is 1. The fraction of sp³-hybridized carbons (Fsp3) is 0.667. The molecule has 0 aliphatic rings. The Labute approximate surface area is 140 Å². The zero-order valence-corrected chi connectivity index (χ0v) is 15.2. The molecule has 0 fully saturated rings. The first-order valence-electron chi connectivity index (χ1n) is 8.11. The molecule has 0 aliphatic carbocycles. The van der Waals surface area contributed by atoms with Crippen LogP contribution in [0.1, 0.15) is 33.3 Å². The molecule has 1 N–H and O–H groups in total. The lowest BCUT2D eigenvalue weighted by Crippen LogP contribution is -2.39. The Kier molecular flexibility index (Phi) is 8.37. The molecule has 0 aromatic heterocycles. The van der Waals surface area contributed by atoms with Crippen LogP contribution in [0.25, 0.3) is 0 Å². The van der Waals surface area contributed by atoms with Gasteiger partial charge < -0.3 is 19.3 Å². The van der Waals surface area contributed by atoms with Gasteiger partial charge in [0.15, 0.2) is 0 Å². The second-order valence-corrected chi connectivity index (χ2v) is 6.28. The van der Waals surface area contributed by atoms with E-state index < -0.39 is 6.10 Å². The second kappa shape index (κ2) is 9.75. The summed E-state index contributed by atoms with van der Waals surface area (Å²) in [4.78, 5) is 2.21. The lowest BCUT2D eigenvalue weighted by Gasteiger charge is -2.29. The normalized spacial score (nSPS) is 13.0. The quantitative estimate of drug-likeness (QED) is 0.717. The van der Waals surface area contributed by atoms with Gasteiger partial charge in [-0.3, -0.25) is 4.90 Å². The summed E-state index contributed by atoms with van der Waals surface area (Å²) in [5, 5.41) is 10.2. The zero-order chi connectivity index (χ0) is 17.4. The van der Waals surface area contributed by atoms with E-state index in [9.17, 15) is 5.11 Å². The van der Waals surface area contributed by atoms with Crippen LogP contribution in [0.3, 0.4) is 0 Å². The van der Waals surface area contributed by atoms with E-state index in [1.54, 1.807) is 14.2 Å². The van der Waals surface area contributed by atoms with Crippen molar-refractivity contribution in [3.63, 3.8) is 0 Å². The Balaban J connectivity index is 2.75. The molecular formula is C18H31NO4. The summed E-state index contributed by atoms with van der Waals surface area (Å²) in [5.41, 5.74) is 1.09. The van der Waals surface area contributed by atoms with Crippen molar-refractivity contribution in [1.82, 2.24) is 4.90 Å². The number of aliphatic hydroxyl groups is 1. The highest BCUT2D eigenvalue weighted by Crippen LogP contribution is 2.24. The topological polar surface area (TPSA) is 51.2 Å². The Bertz CT molecular complexity index is 440. The Morgan fingerprint density at radius 2 is 1.57 bits per heavy atom. The van der Waals surface area contributed by atoms with Crippen LogP contribution < -0.4 is 9.47 Å². The van der Waals surface area contributed by atoms with E-state index in [4.69, 9.17) is 14.2 Å². The summed E-state index contributed by atoms with van der Waals surface area (Å²) in [5.74, 6) is 1.54. The third kappa shape index (κ3) is 7.20. The molecule has 1 atom stereocenters. The van der Waals surface area contributed by atoms with E-state index in [1.165, 1.54) is 0 Å². The van der Waals surface area contributed by atoms with Crippen LogP contribution in [0.15, 0.2) is 18.2 Å². The van der Waals surface area contributed by atoms with Crippen molar-refractivity contribution in [2.45, 2.75) is 52.5 Å². The maximum Gasteiger partial charge on any atom is 0.122 e. The van der Waals surface area contributed by atoms with Crippen molar-refractivity contribution >= 4 is 0 Å². The number of nitrogens with zero attached hydrogens (tertiary/aromatic N) is 1. The van der Waals surface area contributed by atoms with E-state index >= 15 is 0 Å². The minimum absolute atomic E-state index is 0.125. The molecule has 132 valence electrons. The van der Waals surface area contributed by atoms with Gasteiger partial charge in [-0.1, -0.05) is 0 Å². The highest BCUT2D eigenvalue weighted by Gasteiger charge is 2.16. The van der Waals surface area contributed by atoms with Gasteiger partial charge in [0, 0.05) is 25.2 Å². The molecule has 0 aliphatic heterocycles. The first kappa shape index (κ1) is 19.7. The van der Waals surface area contributed by atoms with Crippen LogP contribution in [0.4, 0.5) is 0 Å². The zero-order valence-electron chi connectivity index (χ0n) is 15.2. The molecule has 0 amide bonds. The standard InChI is InChI=1S/C18H31NO4/c1-13(2)19(11-16(20)12-23-14(3)4)10-15-7-17(21-5)9-18(8-15)22-6/h7-9,13-14,16,20H,10-12H2,1-6H3/t16-/m1/s1. The minimum Gasteiger partial charge on any atom is -0.497 e. The smallest absolute Gasteiger partial charge is 0.122 e. The van der Waals surface area contributed by atoms with Crippen molar-refractivity contribution in [1.29, 1.82) is 0 Å². The molecule has 1 rings (SSSR count). The average molecular weight is 325 g/mol. The first-order chi connectivity index (χ1) is 10.8. The van der Waals surface area contributed by atoms with Gasteiger partial charge in [0.05, 0.1) is 33.0 Å². The van der Waals surface area contributed by atoms with Gasteiger partial charge in [-0.25, -0.2) is 0 Å². The molecule has 0 saturated heterocycles. The van der Waals surface area contributed by atoms with Gasteiger partial charge >= 0.3 is 0 Å². The van der Waals surface area contributed by atoms with Crippen LogP contribution in [0.2, 0.25) is 0 Å². The Morgan fingerprint density at radius 3 is 2.00 bits per heavy atom. The van der Waals surface area contributed by atoms with Crippen molar-refractivity contribution in [3.05, 3.63) is 23.8 Å². The molecule has 0 unspecified atom stereocenters. The highest BCUT2D eigenvalue weighted by molar-refractivity contribution is 5.38. The van der Waals surface area contributed by atoms with Gasteiger partial charge in [-0.15, -0.1) is 0 Å². The van der Waals surface area contributed by atoms with Crippen molar-refractivity contribution in [3.8, 4) is 11.5 Å². The molecule has 0 saturated carbocycles. The Morgan fingerprint density at radius 1 is 1.00 bits per heavy atom. The molecule has 0 heterocycles. The molecule has 5 heteroatoms. The van der Waals surface area contributed by atoms with E-state index in [2.05, 4.69) is 18.7 Å². The number of methoxy groups -OCH3 is 2. The average Bonchev–Trinajstić information content (AvgIpc) is 2.51. The fourth-order valence-corrected chi connectivity index (χ4v) is 2.28. The summed E-state index contributed by atoms with van der Waals surface area (Å²) in [6.07, 6.45) is -0.382. The molecule has 1 aromatic rings. The molecule has 23 heavy (non-hydrogen) atoms. The van der Waals surface area contributed by atoms with Gasteiger partial charge in [0.25, 0.3) is 0 Å². The van der Waals surface area contributed by atoms with Gasteiger partial charge in [-0.2, -0.15) is 0 Å². The third-order valence-corrected chi connectivity index (χ3v) is 3.59. The number of hydrogen-bond donors (Lipinski definition) is 1. The Hall–Kier alpha value is -1.30. The summed E-state index contributed by atoms with van der Waals surface area (Å²) < 4.78 is 16.1. The van der Waals surface area contributed by atoms with Crippen LogP contribution in [-0.4, -0.2) is 55.6 Å². The van der Waals surface area contributed by atoms with E-state index in [-0.39, 0.29) is 6.10 Å². The summed E-state index contributed by atoms with van der Waals surface area (Å²) in [6.45, 7) is 9.79. The van der Waals surface area contributed by atoms with Crippen molar-refractivity contribution in [2.24, 2.45) is 0 Å². The van der Waals surface area contributed by atoms with Gasteiger partial charge in [0.1, 0.15) is 11.5 Å². The highest BCUT2D eigenvalue weighted by atomic mass is 16.5. The largest absolute Gasteiger partial charge is 0.497 e. The molecule has 1 aromatic carbocycles. The van der Waals surface area contributed by atoms with E-state index in [0.717, 1.165) is 17.1 Å². The van der Waals surface area contributed by atoms with Gasteiger partial charge in [0.2, 0.25) is 0 Å². The van der Waals surface area contributed by atoms with E-state index in [1.807, 2.05) is 32.0 Å². The van der Waals surface area contributed by atoms with Crippen molar-refractivity contribution < 1.29 is 19.3 Å². The van der Waals surface area contributed by atoms with Crippen LogP contribution >= 0.6 is 0 Å². The molecule has 5 nitrogen and oxygen atoms in total. The number of rotatable bonds is 10. The third-order valence-electron chi connectivity index (χ3n) is 3.59. The fourth-order valence-electron chi connectivity index (χ4n) is 2.28. The molecule has 0 radical (unpaired) electrons. The molecule has 0 bridgehead atoms. The first-order valence-corrected chi connectivity index (χ1v) is 8.11. The lowest BCUT2D eigenvalue weighted by molar-refractivity contribution is -0.0136. The number of ether oxygens (including phenoxy) is 3. The molecule has 0 spiro atoms. The predicted octanol–water partition coefficient (Wildman–Crippen LogP) is 2.70. The monoisotopic (exact) mass is 325 g/mol. The maximum atomic E-state index is 10.2. The second-order valence-electron chi connectivity index (χ2n) is 6.28. The molecular weight excluding hydrogens is 294 g/mol. The predicted molar refractivity (Wildman–Crippen MR) is 92.2 cm³/mol. The number of benzene rings is 1. The van der Waals surface area contributed by atoms with Gasteiger partial charge in [-0.05, 0) is 45.4 Å². The lowest BCUT2D eigenvalue weighted by atomic mass is 10.1. The number of hydrogen-bond acceptors (Lipinski definition) is 5. The van der Waals surface area contributed by atoms with E-state index in [0.29, 0.717) is 25.7 Å². The minimum atomic E-state index is -0.507. The summed E-state index contributed by atoms with van der Waals surface area (Å²) in [7, 11) is 3.29. The summed E-state index contributed by atoms with van der Waals surface area (Å²) >= 11 is 0. The van der Waals surface area contributed by atoms with Crippen molar-refractivity contribution in [2.75, 3.05) is 27.4 Å². The van der Waals surface area contributed by atoms with Crippen LogP contribution in [0, 0.1) is 0 Å². The maximum absolute atomic E-state index is 10.2.